The average Bonchev–Trinajstić information content (AvgIpc) is 3.42. The van der Waals surface area contributed by atoms with Gasteiger partial charge in [-0.05, 0) is 48.7 Å². The van der Waals surface area contributed by atoms with Gasteiger partial charge < -0.3 is 26.0 Å². The van der Waals surface area contributed by atoms with Gasteiger partial charge in [0.1, 0.15) is 16.9 Å². The number of para-hydroxylation sites is 2. The Balaban J connectivity index is 1.59. The van der Waals surface area contributed by atoms with Crippen LogP contribution in [0.25, 0.3) is 22.2 Å². The Bertz CT molecular complexity index is 1390. The van der Waals surface area contributed by atoms with Crippen molar-refractivity contribution in [1.29, 1.82) is 0 Å². The lowest BCUT2D eigenvalue weighted by Gasteiger charge is -2.10. The van der Waals surface area contributed by atoms with Crippen molar-refractivity contribution < 1.29 is 19.7 Å². The van der Waals surface area contributed by atoms with Gasteiger partial charge in [0, 0.05) is 13.2 Å². The number of rotatable bonds is 5. The van der Waals surface area contributed by atoms with Crippen LogP contribution < -0.4 is 11.1 Å². The van der Waals surface area contributed by atoms with Crippen molar-refractivity contribution in [2.75, 3.05) is 18.9 Å². The first-order valence-corrected chi connectivity index (χ1v) is 10.5. The number of amides is 1. The van der Waals surface area contributed by atoms with E-state index in [0.717, 1.165) is 12.8 Å². The summed E-state index contributed by atoms with van der Waals surface area (Å²) in [5.41, 5.74) is 9.00. The number of benzene rings is 2. The summed E-state index contributed by atoms with van der Waals surface area (Å²) in [5, 5.41) is 26.5. The molecule has 10 nitrogen and oxygen atoms in total. The average molecular weight is 446 g/mol. The Labute approximate surface area is 188 Å². The van der Waals surface area contributed by atoms with Crippen molar-refractivity contribution in [3.63, 3.8) is 0 Å². The summed E-state index contributed by atoms with van der Waals surface area (Å²) in [7, 11) is 0. The second-order valence-corrected chi connectivity index (χ2v) is 7.79. The fourth-order valence-electron chi connectivity index (χ4n) is 3.83. The van der Waals surface area contributed by atoms with E-state index < -0.39 is 0 Å². The van der Waals surface area contributed by atoms with Crippen LogP contribution in [0.1, 0.15) is 28.8 Å². The van der Waals surface area contributed by atoms with Crippen molar-refractivity contribution in [1.82, 2.24) is 20.0 Å². The molecule has 0 spiro atoms. The molecule has 0 aliphatic carbocycles. The van der Waals surface area contributed by atoms with E-state index in [4.69, 9.17) is 10.5 Å². The number of nitrogens with two attached hydrogens (primary N) is 1. The van der Waals surface area contributed by atoms with Crippen molar-refractivity contribution in [3.05, 3.63) is 53.6 Å². The number of nitrogen functional groups attached to an aromatic ring is 1. The number of ether oxygens (including phenoxy) is 1. The predicted octanol–water partition coefficient (Wildman–Crippen LogP) is 2.37. The number of aromatic nitrogens is 3. The molecule has 1 unspecified atom stereocenters. The molecular weight excluding hydrogens is 424 g/mol. The highest BCUT2D eigenvalue weighted by molar-refractivity contribution is 6.10. The van der Waals surface area contributed by atoms with Gasteiger partial charge in [0.25, 0.3) is 5.91 Å². The number of phenols is 2. The Morgan fingerprint density at radius 1 is 1.21 bits per heavy atom. The van der Waals surface area contributed by atoms with E-state index in [1.54, 1.807) is 6.07 Å². The molecule has 1 fully saturated rings. The largest absolute Gasteiger partial charge is 0.504 e. The molecule has 5 N–H and O–H groups in total. The van der Waals surface area contributed by atoms with E-state index in [0.29, 0.717) is 40.9 Å². The monoisotopic (exact) mass is 446 g/mol. The van der Waals surface area contributed by atoms with Gasteiger partial charge in [0.05, 0.1) is 23.4 Å². The Kier molecular flexibility index (Phi) is 5.27. The van der Waals surface area contributed by atoms with E-state index >= 15 is 0 Å². The summed E-state index contributed by atoms with van der Waals surface area (Å²) in [4.78, 5) is 22.4. The molecule has 4 aromatic rings. The molecule has 0 radical (unpaired) electrons. The predicted molar refractivity (Wildman–Crippen MR) is 124 cm³/mol. The number of carbonyl (C=O) groups excluding carboxylic acids is 1. The van der Waals surface area contributed by atoms with Crippen LogP contribution in [0.4, 0.5) is 5.82 Å². The van der Waals surface area contributed by atoms with E-state index in [-0.39, 0.29) is 34.9 Å². The third kappa shape index (κ3) is 3.92. The van der Waals surface area contributed by atoms with Crippen molar-refractivity contribution in [3.8, 4) is 11.5 Å². The second kappa shape index (κ2) is 8.40. The number of fused-ring (bicyclic) bond motifs is 2. The number of phenolic OH excluding ortho intramolecular Hbond substituents is 2. The fourth-order valence-corrected chi connectivity index (χ4v) is 3.83. The third-order valence-electron chi connectivity index (χ3n) is 5.54. The first-order valence-electron chi connectivity index (χ1n) is 10.5. The molecule has 3 heterocycles. The Hall–Kier alpha value is -4.18. The van der Waals surface area contributed by atoms with Gasteiger partial charge in [0.2, 0.25) is 0 Å². The van der Waals surface area contributed by atoms with Gasteiger partial charge in [-0.3, -0.25) is 4.79 Å². The lowest BCUT2D eigenvalue weighted by atomic mass is 10.2. The van der Waals surface area contributed by atoms with Crippen LogP contribution in [-0.2, 0) is 4.74 Å². The lowest BCUT2D eigenvalue weighted by Crippen LogP contribution is -2.32. The van der Waals surface area contributed by atoms with Crippen LogP contribution in [-0.4, -0.2) is 56.2 Å². The molecule has 168 valence electrons. The van der Waals surface area contributed by atoms with Gasteiger partial charge in [-0.25, -0.2) is 9.97 Å². The number of nitrogens with zero attached hydrogens (tertiary/aromatic N) is 4. The maximum absolute atomic E-state index is 13.1. The molecular formula is C23H22N6O4. The first kappa shape index (κ1) is 20.7. The zero-order chi connectivity index (χ0) is 22.9. The van der Waals surface area contributed by atoms with Gasteiger partial charge >= 0.3 is 0 Å². The van der Waals surface area contributed by atoms with Crippen LogP contribution in [0.3, 0.4) is 0 Å². The zero-order valence-corrected chi connectivity index (χ0v) is 17.6. The van der Waals surface area contributed by atoms with Crippen molar-refractivity contribution in [2.45, 2.75) is 18.9 Å². The summed E-state index contributed by atoms with van der Waals surface area (Å²) in [6, 6.07) is 11.6. The van der Waals surface area contributed by atoms with Crippen molar-refractivity contribution in [2.24, 2.45) is 5.10 Å². The standard InChI is InChI=1S/C23H22N6O4/c24-21-19(23(32)25-12-14-4-3-9-33-14)20-22(28-16-6-2-1-5-15(16)27-20)29(21)26-11-13-7-8-17(30)18(31)10-13/h1-2,5-8,10-11,14,30-31H,3-4,9,12,24H2,(H,25,32)/b26-11+. The van der Waals surface area contributed by atoms with Crippen LogP contribution in [0.5, 0.6) is 11.5 Å². The highest BCUT2D eigenvalue weighted by atomic mass is 16.5. The van der Waals surface area contributed by atoms with Gasteiger partial charge in [-0.2, -0.15) is 9.78 Å². The smallest absolute Gasteiger partial charge is 0.257 e. The molecule has 1 atom stereocenters. The van der Waals surface area contributed by atoms with E-state index in [2.05, 4.69) is 20.4 Å². The van der Waals surface area contributed by atoms with Crippen LogP contribution >= 0.6 is 0 Å². The molecule has 2 aromatic carbocycles. The van der Waals surface area contributed by atoms with Gasteiger partial charge in [-0.1, -0.05) is 12.1 Å². The van der Waals surface area contributed by atoms with Crippen LogP contribution in [0, 0.1) is 0 Å². The number of carbonyl (C=O) groups is 1. The van der Waals surface area contributed by atoms with Gasteiger partial charge in [0.15, 0.2) is 17.1 Å². The lowest BCUT2D eigenvalue weighted by molar-refractivity contribution is 0.0859. The normalized spacial score (nSPS) is 16.2. The number of hydrogen-bond acceptors (Lipinski definition) is 8. The summed E-state index contributed by atoms with van der Waals surface area (Å²) in [6.07, 6.45) is 3.29. The maximum Gasteiger partial charge on any atom is 0.257 e. The number of hydrogen-bond donors (Lipinski definition) is 4. The fraction of sp³-hybridized carbons (Fsp3) is 0.217. The molecule has 33 heavy (non-hydrogen) atoms. The third-order valence-corrected chi connectivity index (χ3v) is 5.54. The molecule has 1 aliphatic rings. The minimum atomic E-state index is -0.381. The molecule has 0 bridgehead atoms. The summed E-state index contributed by atoms with van der Waals surface area (Å²) in [6.45, 7) is 1.07. The van der Waals surface area contributed by atoms with Crippen molar-refractivity contribution >= 4 is 40.1 Å². The maximum atomic E-state index is 13.1. The quantitative estimate of drug-likeness (QED) is 0.272. The number of aromatic hydroxyl groups is 2. The summed E-state index contributed by atoms with van der Waals surface area (Å²) in [5.74, 6) is -0.803. The minimum absolute atomic E-state index is 0.0179. The summed E-state index contributed by atoms with van der Waals surface area (Å²) >= 11 is 0. The minimum Gasteiger partial charge on any atom is -0.504 e. The molecule has 1 aliphatic heterocycles. The van der Waals surface area contributed by atoms with Crippen LogP contribution in [0.2, 0.25) is 0 Å². The number of anilines is 1. The molecule has 2 aromatic heterocycles. The topological polar surface area (TPSA) is 148 Å². The summed E-state index contributed by atoms with van der Waals surface area (Å²) < 4.78 is 6.93. The molecule has 5 rings (SSSR count). The molecule has 0 saturated carbocycles. The molecule has 10 heteroatoms. The highest BCUT2D eigenvalue weighted by Gasteiger charge is 2.25. The van der Waals surface area contributed by atoms with E-state index in [1.807, 2.05) is 24.3 Å². The zero-order valence-electron chi connectivity index (χ0n) is 17.6. The van der Waals surface area contributed by atoms with E-state index in [1.165, 1.54) is 23.0 Å². The van der Waals surface area contributed by atoms with E-state index in [9.17, 15) is 15.0 Å². The molecule has 1 amide bonds. The highest BCUT2D eigenvalue weighted by Crippen LogP contribution is 2.28. The molecule has 1 saturated heterocycles. The first-order chi connectivity index (χ1) is 16.0. The van der Waals surface area contributed by atoms with Crippen LogP contribution in [0.15, 0.2) is 47.6 Å². The Morgan fingerprint density at radius 3 is 2.73 bits per heavy atom. The SMILES string of the molecule is Nc1c(C(=O)NCC2CCCO2)c2nc3ccccc3nc2n1/N=C/c1ccc(O)c(O)c1. The second-order valence-electron chi connectivity index (χ2n) is 7.79. The Morgan fingerprint density at radius 2 is 2.00 bits per heavy atom. The van der Waals surface area contributed by atoms with Gasteiger partial charge in [-0.15, -0.1) is 0 Å². The number of nitrogens with one attached hydrogen (secondary N) is 1.